The van der Waals surface area contributed by atoms with E-state index in [1.807, 2.05) is 12.2 Å². The minimum absolute atomic E-state index is 0.0611. The van der Waals surface area contributed by atoms with Gasteiger partial charge in [0, 0.05) is 12.6 Å². The molecule has 2 fully saturated rings. The fourth-order valence-corrected chi connectivity index (χ4v) is 3.31. The third kappa shape index (κ3) is 1.87. The molecule has 3 heteroatoms. The molecule has 3 aliphatic rings. The minimum Gasteiger partial charge on any atom is -0.350 e. The lowest BCUT2D eigenvalue weighted by Crippen LogP contribution is -2.61. The van der Waals surface area contributed by atoms with Gasteiger partial charge in [0.05, 0.1) is 6.10 Å². The highest BCUT2D eigenvalue weighted by Gasteiger charge is 2.45. The third-order valence-corrected chi connectivity index (χ3v) is 4.04. The van der Waals surface area contributed by atoms with Crippen molar-refractivity contribution in [2.75, 3.05) is 6.54 Å². The van der Waals surface area contributed by atoms with E-state index < -0.39 is 5.72 Å². The molecule has 2 heterocycles. The maximum Gasteiger partial charge on any atom is 0.178 e. The smallest absolute Gasteiger partial charge is 0.178 e. The Balaban J connectivity index is 1.93. The van der Waals surface area contributed by atoms with Crippen molar-refractivity contribution in [3.63, 3.8) is 0 Å². The van der Waals surface area contributed by atoms with Crippen LogP contribution < -0.4 is 0 Å². The van der Waals surface area contributed by atoms with Crippen LogP contribution in [0.4, 0.5) is 0 Å². The van der Waals surface area contributed by atoms with E-state index in [4.69, 9.17) is 4.74 Å². The average molecular weight is 233 g/mol. The second-order valence-corrected chi connectivity index (χ2v) is 5.33. The van der Waals surface area contributed by atoms with Gasteiger partial charge in [-0.3, -0.25) is 9.69 Å². The Morgan fingerprint density at radius 1 is 1.35 bits per heavy atom. The van der Waals surface area contributed by atoms with E-state index in [1.165, 1.54) is 19.3 Å². The van der Waals surface area contributed by atoms with Gasteiger partial charge in [-0.05, 0) is 50.5 Å². The first-order chi connectivity index (χ1) is 8.20. The zero-order chi connectivity index (χ0) is 11.9. The molecule has 0 amide bonds. The molecule has 0 radical (unpaired) electrons. The first kappa shape index (κ1) is 11.2. The number of ketones is 1. The van der Waals surface area contributed by atoms with Gasteiger partial charge in [0.25, 0.3) is 0 Å². The van der Waals surface area contributed by atoms with Gasteiger partial charge < -0.3 is 4.74 Å². The Bertz CT molecular complexity index is 370. The van der Waals surface area contributed by atoms with Crippen molar-refractivity contribution < 1.29 is 9.53 Å². The fraction of sp³-hybridized carbons (Fsp3) is 0.643. The molecule has 0 aromatic rings. The Hall–Kier alpha value is -0.930. The Morgan fingerprint density at radius 2 is 2.12 bits per heavy atom. The predicted octanol–water partition coefficient (Wildman–Crippen LogP) is 2.04. The maximum atomic E-state index is 11.3. The number of rotatable bonds is 0. The van der Waals surface area contributed by atoms with E-state index in [0.717, 1.165) is 13.0 Å². The molecule has 0 aromatic carbocycles. The lowest BCUT2D eigenvalue weighted by atomic mass is 9.89. The van der Waals surface area contributed by atoms with Crippen molar-refractivity contribution in [3.05, 3.63) is 24.3 Å². The first-order valence-corrected chi connectivity index (χ1v) is 6.57. The number of nitrogens with zero attached hydrogens (tertiary/aromatic N) is 1. The van der Waals surface area contributed by atoms with Crippen LogP contribution in [0, 0.1) is 0 Å². The summed E-state index contributed by atoms with van der Waals surface area (Å²) in [6.07, 6.45) is 12.3. The molecule has 0 aromatic heterocycles. The number of ether oxygens (including phenoxy) is 1. The predicted molar refractivity (Wildman–Crippen MR) is 65.5 cm³/mol. The van der Waals surface area contributed by atoms with Crippen LogP contribution in [0.1, 0.15) is 32.6 Å². The Labute approximate surface area is 102 Å². The average Bonchev–Trinajstić information content (AvgIpc) is 2.33. The number of fused-ring (bicyclic) bond motifs is 2. The number of hydrogen-bond acceptors (Lipinski definition) is 3. The molecule has 3 nitrogen and oxygen atoms in total. The fourth-order valence-electron chi connectivity index (χ4n) is 3.31. The molecule has 2 aliphatic heterocycles. The van der Waals surface area contributed by atoms with E-state index >= 15 is 0 Å². The van der Waals surface area contributed by atoms with E-state index in [1.54, 1.807) is 12.2 Å². The maximum absolute atomic E-state index is 11.3. The van der Waals surface area contributed by atoms with Crippen molar-refractivity contribution in [1.82, 2.24) is 4.90 Å². The van der Waals surface area contributed by atoms with Gasteiger partial charge in [-0.25, -0.2) is 0 Å². The molecule has 1 aliphatic carbocycles. The first-order valence-electron chi connectivity index (χ1n) is 6.57. The van der Waals surface area contributed by atoms with Gasteiger partial charge >= 0.3 is 0 Å². The van der Waals surface area contributed by atoms with Crippen molar-refractivity contribution >= 4 is 5.78 Å². The van der Waals surface area contributed by atoms with Gasteiger partial charge in [-0.15, -0.1) is 0 Å². The summed E-state index contributed by atoms with van der Waals surface area (Å²) in [7, 11) is 0. The van der Waals surface area contributed by atoms with Crippen molar-refractivity contribution in [2.45, 2.75) is 50.5 Å². The van der Waals surface area contributed by atoms with Gasteiger partial charge in [0.2, 0.25) is 0 Å². The SMILES string of the molecule is CC1CC2CCCCN2C2(C=CC(=O)C=C2)O1. The van der Waals surface area contributed by atoms with E-state index in [9.17, 15) is 4.79 Å². The summed E-state index contributed by atoms with van der Waals surface area (Å²) in [5.74, 6) is 0.0611. The van der Waals surface area contributed by atoms with E-state index in [2.05, 4.69) is 11.8 Å². The van der Waals surface area contributed by atoms with Crippen LogP contribution in [0.2, 0.25) is 0 Å². The highest BCUT2D eigenvalue weighted by molar-refractivity contribution is 6.00. The monoisotopic (exact) mass is 233 g/mol. The summed E-state index contributed by atoms with van der Waals surface area (Å²) in [5.41, 5.74) is -0.448. The second kappa shape index (κ2) is 4.07. The van der Waals surface area contributed by atoms with Crippen LogP contribution in [0.5, 0.6) is 0 Å². The molecular weight excluding hydrogens is 214 g/mol. The summed E-state index contributed by atoms with van der Waals surface area (Å²) >= 11 is 0. The van der Waals surface area contributed by atoms with Crippen molar-refractivity contribution in [3.8, 4) is 0 Å². The lowest BCUT2D eigenvalue weighted by Gasteiger charge is -2.52. The summed E-state index contributed by atoms with van der Waals surface area (Å²) in [5, 5.41) is 0. The molecular formula is C14H19NO2. The summed E-state index contributed by atoms with van der Waals surface area (Å²) < 4.78 is 6.13. The highest BCUT2D eigenvalue weighted by Crippen LogP contribution is 2.38. The standard InChI is InChI=1S/C14H19NO2/c1-11-10-12-4-2-3-9-15(12)14(17-11)7-5-13(16)6-8-14/h5-8,11-12H,2-4,9-10H2,1H3. The van der Waals surface area contributed by atoms with Gasteiger partial charge in [0.15, 0.2) is 11.5 Å². The van der Waals surface area contributed by atoms with Gasteiger partial charge in [-0.1, -0.05) is 6.42 Å². The van der Waals surface area contributed by atoms with Gasteiger partial charge in [0.1, 0.15) is 0 Å². The molecule has 17 heavy (non-hydrogen) atoms. The summed E-state index contributed by atoms with van der Waals surface area (Å²) in [6, 6.07) is 0.606. The molecule has 2 atom stereocenters. The number of hydrogen-bond donors (Lipinski definition) is 0. The van der Waals surface area contributed by atoms with Crippen LogP contribution >= 0.6 is 0 Å². The molecule has 92 valence electrons. The number of piperidine rings is 1. The van der Waals surface area contributed by atoms with E-state index in [0.29, 0.717) is 6.04 Å². The molecule has 0 saturated carbocycles. The number of carbonyl (C=O) groups excluding carboxylic acids is 1. The molecule has 0 bridgehead atoms. The Morgan fingerprint density at radius 3 is 2.88 bits per heavy atom. The summed E-state index contributed by atoms with van der Waals surface area (Å²) in [4.78, 5) is 13.7. The van der Waals surface area contributed by atoms with Gasteiger partial charge in [-0.2, -0.15) is 0 Å². The van der Waals surface area contributed by atoms with Crippen LogP contribution in [0.3, 0.4) is 0 Å². The molecule has 2 saturated heterocycles. The molecule has 2 unspecified atom stereocenters. The van der Waals surface area contributed by atoms with Crippen LogP contribution in [-0.4, -0.2) is 35.1 Å². The third-order valence-electron chi connectivity index (χ3n) is 4.04. The molecule has 1 spiro atoms. The van der Waals surface area contributed by atoms with E-state index in [-0.39, 0.29) is 11.9 Å². The quantitative estimate of drug-likeness (QED) is 0.641. The zero-order valence-corrected chi connectivity index (χ0v) is 10.3. The van der Waals surface area contributed by atoms with Crippen molar-refractivity contribution in [2.24, 2.45) is 0 Å². The normalized spacial score (nSPS) is 36.2. The highest BCUT2D eigenvalue weighted by atomic mass is 16.5. The topological polar surface area (TPSA) is 29.5 Å². The summed E-state index contributed by atoms with van der Waals surface area (Å²) in [6.45, 7) is 3.20. The largest absolute Gasteiger partial charge is 0.350 e. The minimum atomic E-state index is -0.448. The molecule has 0 N–H and O–H groups in total. The second-order valence-electron chi connectivity index (χ2n) is 5.33. The number of carbonyl (C=O) groups is 1. The lowest BCUT2D eigenvalue weighted by molar-refractivity contribution is -0.189. The zero-order valence-electron chi connectivity index (χ0n) is 10.3. The van der Waals surface area contributed by atoms with Crippen LogP contribution in [-0.2, 0) is 9.53 Å². The van der Waals surface area contributed by atoms with Crippen molar-refractivity contribution in [1.29, 1.82) is 0 Å². The number of allylic oxidation sites excluding steroid dienone is 2. The molecule has 3 rings (SSSR count). The van der Waals surface area contributed by atoms with Crippen LogP contribution in [0.25, 0.3) is 0 Å². The Kier molecular flexibility index (Phi) is 2.68. The van der Waals surface area contributed by atoms with Crippen LogP contribution in [0.15, 0.2) is 24.3 Å².